The van der Waals surface area contributed by atoms with Crippen LogP contribution in [0, 0.1) is 0 Å². The first kappa shape index (κ1) is 28.7. The number of benzene rings is 2. The number of hydrogen-bond donors (Lipinski definition) is 1. The van der Waals surface area contributed by atoms with E-state index in [1.54, 1.807) is 14.2 Å². The quantitative estimate of drug-likeness (QED) is 0.198. The number of nitrogens with one attached hydrogen (secondary N) is 1. The van der Waals surface area contributed by atoms with Crippen LogP contribution in [0.25, 0.3) is 33.5 Å². The zero-order valence-electron chi connectivity index (χ0n) is 24.9. The van der Waals surface area contributed by atoms with Crippen molar-refractivity contribution in [2.75, 3.05) is 14.2 Å². The lowest BCUT2D eigenvalue weighted by Crippen LogP contribution is -2.18. The first-order valence-electron chi connectivity index (χ1n) is 14.6. The Labute approximate surface area is 249 Å². The smallest absolute Gasteiger partial charge is 0.264 e. The van der Waals surface area contributed by atoms with E-state index in [4.69, 9.17) is 23.9 Å². The molecular formula is C31H36N8O4. The minimum Gasteiger partial charge on any atom is -0.445 e. The number of rotatable bonds is 11. The number of ether oxygens (including phenoxy) is 4. The van der Waals surface area contributed by atoms with E-state index in [-0.39, 0.29) is 0 Å². The molecule has 0 saturated heterocycles. The SMILES string of the molecule is COC(C)Oc1nnc(OC(C)OC)c2c1nc(C1CCCCC1)n2Cc1ccc(-c2ccccc2-c2nnn[nH]2)cc1. The van der Waals surface area contributed by atoms with Gasteiger partial charge in [-0.15, -0.1) is 15.3 Å². The molecule has 12 heteroatoms. The number of imidazole rings is 1. The maximum Gasteiger partial charge on any atom is 0.264 e. The Morgan fingerprint density at radius 1 is 0.837 bits per heavy atom. The van der Waals surface area contributed by atoms with E-state index in [1.807, 2.05) is 32.0 Å². The number of nitrogens with zero attached hydrogens (tertiary/aromatic N) is 7. The van der Waals surface area contributed by atoms with Crippen LogP contribution in [-0.4, -0.2) is 67.2 Å². The van der Waals surface area contributed by atoms with Gasteiger partial charge in [-0.3, -0.25) is 0 Å². The van der Waals surface area contributed by atoms with Crippen LogP contribution in [0.1, 0.15) is 63.3 Å². The van der Waals surface area contributed by atoms with Crippen LogP contribution in [0.4, 0.5) is 0 Å². The zero-order chi connectivity index (χ0) is 29.8. The third-order valence-corrected chi connectivity index (χ3v) is 7.96. The van der Waals surface area contributed by atoms with E-state index in [9.17, 15) is 0 Å². The van der Waals surface area contributed by atoms with Gasteiger partial charge < -0.3 is 23.5 Å². The van der Waals surface area contributed by atoms with Crippen LogP contribution in [0.5, 0.6) is 11.8 Å². The van der Waals surface area contributed by atoms with Gasteiger partial charge in [0.1, 0.15) is 11.3 Å². The highest BCUT2D eigenvalue weighted by molar-refractivity contribution is 5.85. The molecule has 1 saturated carbocycles. The highest BCUT2D eigenvalue weighted by atomic mass is 16.7. The van der Waals surface area contributed by atoms with Crippen LogP contribution in [-0.2, 0) is 16.0 Å². The maximum absolute atomic E-state index is 6.11. The molecule has 5 aromatic rings. The van der Waals surface area contributed by atoms with Crippen LogP contribution in [0.15, 0.2) is 48.5 Å². The third kappa shape index (κ3) is 6.06. The largest absolute Gasteiger partial charge is 0.445 e. The summed E-state index contributed by atoms with van der Waals surface area (Å²) in [5, 5.41) is 23.2. The van der Waals surface area contributed by atoms with E-state index in [2.05, 4.69) is 65.7 Å². The lowest BCUT2D eigenvalue weighted by atomic mass is 9.88. The van der Waals surface area contributed by atoms with Gasteiger partial charge in [0.05, 0.1) is 0 Å². The number of methoxy groups -OCH3 is 2. The molecule has 2 atom stereocenters. The lowest BCUT2D eigenvalue weighted by Gasteiger charge is -2.23. The molecule has 6 rings (SSSR count). The van der Waals surface area contributed by atoms with Crippen molar-refractivity contribution in [2.45, 2.75) is 71.0 Å². The molecule has 0 aliphatic heterocycles. The zero-order valence-corrected chi connectivity index (χ0v) is 24.9. The average molecular weight is 585 g/mol. The van der Waals surface area contributed by atoms with Gasteiger partial charge in [-0.25, -0.2) is 10.1 Å². The molecule has 1 N–H and O–H groups in total. The Morgan fingerprint density at radius 2 is 1.51 bits per heavy atom. The average Bonchev–Trinajstić information content (AvgIpc) is 3.72. The van der Waals surface area contributed by atoms with E-state index in [1.165, 1.54) is 19.3 Å². The monoisotopic (exact) mass is 584 g/mol. The predicted molar refractivity (Wildman–Crippen MR) is 159 cm³/mol. The fourth-order valence-corrected chi connectivity index (χ4v) is 5.61. The first-order valence-corrected chi connectivity index (χ1v) is 14.6. The van der Waals surface area contributed by atoms with Crippen LogP contribution in [0.3, 0.4) is 0 Å². The number of H-pyrrole nitrogens is 1. The molecule has 2 unspecified atom stereocenters. The first-order chi connectivity index (χ1) is 21.1. The molecule has 43 heavy (non-hydrogen) atoms. The van der Waals surface area contributed by atoms with Gasteiger partial charge in [-0.1, -0.05) is 67.8 Å². The Morgan fingerprint density at radius 3 is 2.19 bits per heavy atom. The molecular weight excluding hydrogens is 548 g/mol. The van der Waals surface area contributed by atoms with Crippen molar-refractivity contribution in [1.82, 2.24) is 40.4 Å². The van der Waals surface area contributed by atoms with Crippen molar-refractivity contribution in [3.05, 3.63) is 59.9 Å². The highest BCUT2D eigenvalue weighted by Crippen LogP contribution is 2.39. The molecule has 0 amide bonds. The second-order valence-electron chi connectivity index (χ2n) is 10.7. The minimum absolute atomic E-state index is 0.309. The van der Waals surface area contributed by atoms with Crippen molar-refractivity contribution in [3.63, 3.8) is 0 Å². The number of tetrazole rings is 1. The summed E-state index contributed by atoms with van der Waals surface area (Å²) >= 11 is 0. The standard InChI is InChI=1S/C31H36N8O4/c1-19(40-3)42-30-26-27(31(36-35-30)43-20(2)41-4)39(29(32-26)23-10-6-5-7-11-23)18-21-14-16-22(17-15-21)24-12-8-9-13-25(24)28-33-37-38-34-28/h8-9,12-17,19-20,23H,5-7,10-11,18H2,1-4H3,(H,33,34,37,38). The maximum atomic E-state index is 6.11. The van der Waals surface area contributed by atoms with E-state index >= 15 is 0 Å². The fraction of sp³-hybridized carbons (Fsp3) is 0.419. The van der Waals surface area contributed by atoms with Gasteiger partial charge in [0.15, 0.2) is 23.9 Å². The summed E-state index contributed by atoms with van der Waals surface area (Å²) in [5.74, 6) is 2.58. The van der Waals surface area contributed by atoms with Crippen molar-refractivity contribution in [2.24, 2.45) is 0 Å². The van der Waals surface area contributed by atoms with Gasteiger partial charge in [-0.05, 0) is 53.8 Å². The van der Waals surface area contributed by atoms with Crippen molar-refractivity contribution < 1.29 is 18.9 Å². The van der Waals surface area contributed by atoms with E-state index in [0.29, 0.717) is 35.6 Å². The molecule has 3 aromatic heterocycles. The van der Waals surface area contributed by atoms with Crippen LogP contribution < -0.4 is 9.47 Å². The molecule has 12 nitrogen and oxygen atoms in total. The fourth-order valence-electron chi connectivity index (χ4n) is 5.61. The summed E-state index contributed by atoms with van der Waals surface area (Å²) in [6.07, 6.45) is 4.70. The third-order valence-electron chi connectivity index (χ3n) is 7.96. The van der Waals surface area contributed by atoms with Crippen LogP contribution >= 0.6 is 0 Å². The summed E-state index contributed by atoms with van der Waals surface area (Å²) in [6.45, 7) is 4.20. The molecule has 0 spiro atoms. The summed E-state index contributed by atoms with van der Waals surface area (Å²) in [7, 11) is 3.18. The van der Waals surface area contributed by atoms with Gasteiger partial charge in [-0.2, -0.15) is 0 Å². The van der Waals surface area contributed by atoms with Gasteiger partial charge in [0.25, 0.3) is 11.8 Å². The van der Waals surface area contributed by atoms with E-state index < -0.39 is 12.6 Å². The topological polar surface area (TPSA) is 135 Å². The summed E-state index contributed by atoms with van der Waals surface area (Å²) in [6, 6.07) is 16.6. The van der Waals surface area contributed by atoms with Gasteiger partial charge >= 0.3 is 0 Å². The van der Waals surface area contributed by atoms with Gasteiger partial charge in [0.2, 0.25) is 0 Å². The van der Waals surface area contributed by atoms with Gasteiger partial charge in [0, 0.05) is 32.2 Å². The molecule has 0 bridgehead atoms. The molecule has 2 aromatic carbocycles. The summed E-state index contributed by atoms with van der Waals surface area (Å²) in [4.78, 5) is 5.16. The molecule has 1 aliphatic carbocycles. The van der Waals surface area contributed by atoms with Crippen molar-refractivity contribution in [3.8, 4) is 34.3 Å². The Hall–Kier alpha value is -4.42. The summed E-state index contributed by atoms with van der Waals surface area (Å²) in [5.41, 5.74) is 5.47. The van der Waals surface area contributed by atoms with Crippen LogP contribution in [0.2, 0.25) is 0 Å². The Kier molecular flexibility index (Phi) is 8.57. The number of hydrogen-bond acceptors (Lipinski definition) is 10. The number of aromatic amines is 1. The molecule has 1 aliphatic rings. The molecule has 224 valence electrons. The number of fused-ring (bicyclic) bond motifs is 1. The second-order valence-corrected chi connectivity index (χ2v) is 10.7. The normalized spacial score (nSPS) is 15.4. The highest BCUT2D eigenvalue weighted by Gasteiger charge is 2.28. The molecule has 3 heterocycles. The predicted octanol–water partition coefficient (Wildman–Crippen LogP) is 5.51. The van der Waals surface area contributed by atoms with Crippen molar-refractivity contribution >= 4 is 11.0 Å². The second kappa shape index (κ2) is 12.8. The Bertz CT molecular complexity index is 1650. The Balaban J connectivity index is 1.43. The number of aromatic nitrogens is 8. The molecule has 1 fully saturated rings. The summed E-state index contributed by atoms with van der Waals surface area (Å²) < 4.78 is 25.1. The van der Waals surface area contributed by atoms with Crippen molar-refractivity contribution in [1.29, 1.82) is 0 Å². The lowest BCUT2D eigenvalue weighted by molar-refractivity contribution is -0.0445. The van der Waals surface area contributed by atoms with E-state index in [0.717, 1.165) is 46.4 Å². The molecule has 0 radical (unpaired) electrons. The minimum atomic E-state index is -0.525.